The third-order valence-corrected chi connectivity index (χ3v) is 4.45. The number of carboxylic acid groups (broad SMARTS) is 1. The number of benzene rings is 1. The standard InChI is InChI=1S/C18H26N2O4/c1-12-5-4-6-13(2)17(12)24-8-7-19-16(21)11-20-9-14(3)15(10-20)18(22)23/h4-6,14-15H,7-11H2,1-3H3,(H,19,21)(H,22,23)/t14-,15-/m1/s1. The predicted octanol–water partition coefficient (Wildman–Crippen LogP) is 1.45. The molecule has 0 spiro atoms. The molecule has 1 amide bonds. The van der Waals surface area contributed by atoms with E-state index in [2.05, 4.69) is 5.32 Å². The molecule has 6 nitrogen and oxygen atoms in total. The van der Waals surface area contributed by atoms with Crippen molar-refractivity contribution in [3.05, 3.63) is 29.3 Å². The van der Waals surface area contributed by atoms with Gasteiger partial charge in [-0.1, -0.05) is 25.1 Å². The van der Waals surface area contributed by atoms with Crippen LogP contribution >= 0.6 is 0 Å². The fourth-order valence-electron chi connectivity index (χ4n) is 3.15. The molecule has 1 fully saturated rings. The lowest BCUT2D eigenvalue weighted by Crippen LogP contribution is -2.38. The number of para-hydroxylation sites is 1. The topological polar surface area (TPSA) is 78.9 Å². The van der Waals surface area contributed by atoms with Crippen LogP contribution in [0.1, 0.15) is 18.1 Å². The Kier molecular flexibility index (Phi) is 6.20. The van der Waals surface area contributed by atoms with Gasteiger partial charge in [0.05, 0.1) is 19.0 Å². The Labute approximate surface area is 142 Å². The summed E-state index contributed by atoms with van der Waals surface area (Å²) in [6.07, 6.45) is 0. The summed E-state index contributed by atoms with van der Waals surface area (Å²) >= 11 is 0. The molecule has 2 N–H and O–H groups in total. The van der Waals surface area contributed by atoms with E-state index in [0.29, 0.717) is 26.2 Å². The smallest absolute Gasteiger partial charge is 0.308 e. The van der Waals surface area contributed by atoms with Crippen LogP contribution in [0.2, 0.25) is 0 Å². The van der Waals surface area contributed by atoms with Gasteiger partial charge in [-0.25, -0.2) is 0 Å². The van der Waals surface area contributed by atoms with Gasteiger partial charge < -0.3 is 15.2 Å². The third-order valence-electron chi connectivity index (χ3n) is 4.45. The van der Waals surface area contributed by atoms with Crippen molar-refractivity contribution >= 4 is 11.9 Å². The number of aliphatic carboxylic acids is 1. The van der Waals surface area contributed by atoms with E-state index >= 15 is 0 Å². The number of likely N-dealkylation sites (tertiary alicyclic amines) is 1. The zero-order chi connectivity index (χ0) is 17.7. The number of hydrogen-bond donors (Lipinski definition) is 2. The van der Waals surface area contributed by atoms with Crippen LogP contribution < -0.4 is 10.1 Å². The van der Waals surface area contributed by atoms with Crippen LogP contribution in [0.15, 0.2) is 18.2 Å². The molecule has 0 aromatic heterocycles. The highest BCUT2D eigenvalue weighted by Crippen LogP contribution is 2.23. The normalized spacial score (nSPS) is 20.8. The highest BCUT2D eigenvalue weighted by Gasteiger charge is 2.35. The Bertz CT molecular complexity index is 582. The van der Waals surface area contributed by atoms with Gasteiger partial charge in [0.2, 0.25) is 5.91 Å². The van der Waals surface area contributed by atoms with E-state index in [1.807, 2.05) is 43.9 Å². The van der Waals surface area contributed by atoms with E-state index < -0.39 is 5.97 Å². The average molecular weight is 334 g/mol. The molecule has 0 radical (unpaired) electrons. The number of nitrogens with one attached hydrogen (secondary N) is 1. The SMILES string of the molecule is Cc1cccc(C)c1OCCNC(=O)CN1C[C@@H](C)[C@H](C(=O)O)C1. The van der Waals surface area contributed by atoms with Crippen molar-refractivity contribution in [2.75, 3.05) is 32.8 Å². The van der Waals surface area contributed by atoms with E-state index in [-0.39, 0.29) is 24.3 Å². The molecular weight excluding hydrogens is 308 g/mol. The second-order valence-electron chi connectivity index (χ2n) is 6.54. The minimum Gasteiger partial charge on any atom is -0.491 e. The molecule has 6 heteroatoms. The first-order valence-electron chi connectivity index (χ1n) is 8.29. The number of nitrogens with zero attached hydrogens (tertiary/aromatic N) is 1. The summed E-state index contributed by atoms with van der Waals surface area (Å²) in [6, 6.07) is 5.98. The van der Waals surface area contributed by atoms with Crippen molar-refractivity contribution in [2.45, 2.75) is 20.8 Å². The lowest BCUT2D eigenvalue weighted by molar-refractivity contribution is -0.142. The Balaban J connectivity index is 1.70. The van der Waals surface area contributed by atoms with E-state index in [9.17, 15) is 9.59 Å². The van der Waals surface area contributed by atoms with E-state index in [4.69, 9.17) is 9.84 Å². The molecule has 24 heavy (non-hydrogen) atoms. The molecule has 1 aromatic carbocycles. The van der Waals surface area contributed by atoms with Gasteiger partial charge in [0, 0.05) is 13.1 Å². The minimum atomic E-state index is -0.785. The Morgan fingerprint density at radius 2 is 1.96 bits per heavy atom. The van der Waals surface area contributed by atoms with Gasteiger partial charge in [0.25, 0.3) is 0 Å². The quantitative estimate of drug-likeness (QED) is 0.738. The molecule has 0 saturated carbocycles. The van der Waals surface area contributed by atoms with Crippen LogP contribution in [0.25, 0.3) is 0 Å². The molecule has 1 aromatic rings. The van der Waals surface area contributed by atoms with Crippen LogP contribution in [-0.4, -0.2) is 54.7 Å². The van der Waals surface area contributed by atoms with Gasteiger partial charge in [0.1, 0.15) is 12.4 Å². The van der Waals surface area contributed by atoms with Gasteiger partial charge >= 0.3 is 5.97 Å². The van der Waals surface area contributed by atoms with Gasteiger partial charge in [-0.15, -0.1) is 0 Å². The summed E-state index contributed by atoms with van der Waals surface area (Å²) in [4.78, 5) is 25.0. The summed E-state index contributed by atoms with van der Waals surface area (Å²) in [5.74, 6) is -0.331. The second-order valence-corrected chi connectivity index (χ2v) is 6.54. The molecular formula is C18H26N2O4. The molecule has 1 aliphatic rings. The van der Waals surface area contributed by atoms with Crippen LogP contribution in [0, 0.1) is 25.7 Å². The number of carbonyl (C=O) groups is 2. The fraction of sp³-hybridized carbons (Fsp3) is 0.556. The van der Waals surface area contributed by atoms with Crippen molar-refractivity contribution in [2.24, 2.45) is 11.8 Å². The highest BCUT2D eigenvalue weighted by molar-refractivity contribution is 5.78. The molecule has 2 atom stereocenters. The van der Waals surface area contributed by atoms with E-state index in [1.165, 1.54) is 0 Å². The van der Waals surface area contributed by atoms with Crippen molar-refractivity contribution in [3.8, 4) is 5.75 Å². The van der Waals surface area contributed by atoms with Crippen LogP contribution in [0.4, 0.5) is 0 Å². The number of rotatable bonds is 7. The first kappa shape index (κ1) is 18.3. The minimum absolute atomic E-state index is 0.0719. The van der Waals surface area contributed by atoms with Crippen molar-refractivity contribution < 1.29 is 19.4 Å². The molecule has 1 saturated heterocycles. The first-order chi connectivity index (χ1) is 11.4. The molecule has 1 aliphatic heterocycles. The molecule has 0 bridgehead atoms. The predicted molar refractivity (Wildman–Crippen MR) is 91.2 cm³/mol. The average Bonchev–Trinajstić information content (AvgIpc) is 2.86. The summed E-state index contributed by atoms with van der Waals surface area (Å²) in [5, 5.41) is 11.9. The third kappa shape index (κ3) is 4.71. The molecule has 0 unspecified atom stereocenters. The maximum absolute atomic E-state index is 12.0. The lowest BCUT2D eigenvalue weighted by Gasteiger charge is -2.15. The summed E-state index contributed by atoms with van der Waals surface area (Å²) in [7, 11) is 0. The van der Waals surface area contributed by atoms with Gasteiger partial charge in [0.15, 0.2) is 0 Å². The Hall–Kier alpha value is -2.08. The number of hydrogen-bond acceptors (Lipinski definition) is 4. The van der Waals surface area contributed by atoms with Crippen LogP contribution in [0.3, 0.4) is 0 Å². The number of carbonyl (C=O) groups excluding carboxylic acids is 1. The highest BCUT2D eigenvalue weighted by atomic mass is 16.5. The lowest BCUT2D eigenvalue weighted by atomic mass is 9.99. The number of aryl methyl sites for hydroxylation is 2. The zero-order valence-corrected chi connectivity index (χ0v) is 14.5. The largest absolute Gasteiger partial charge is 0.491 e. The van der Waals surface area contributed by atoms with Crippen molar-refractivity contribution in [3.63, 3.8) is 0 Å². The van der Waals surface area contributed by atoms with E-state index in [1.54, 1.807) is 0 Å². The summed E-state index contributed by atoms with van der Waals surface area (Å²) in [5.41, 5.74) is 2.15. The van der Waals surface area contributed by atoms with Gasteiger partial charge in [-0.2, -0.15) is 0 Å². The monoisotopic (exact) mass is 334 g/mol. The number of ether oxygens (including phenoxy) is 1. The molecule has 132 valence electrons. The van der Waals surface area contributed by atoms with E-state index in [0.717, 1.165) is 16.9 Å². The summed E-state index contributed by atoms with van der Waals surface area (Å²) in [6.45, 7) is 8.05. The zero-order valence-electron chi connectivity index (χ0n) is 14.5. The fourth-order valence-corrected chi connectivity index (χ4v) is 3.15. The Morgan fingerprint density at radius 3 is 2.54 bits per heavy atom. The van der Waals surface area contributed by atoms with Crippen LogP contribution in [-0.2, 0) is 9.59 Å². The second kappa shape index (κ2) is 8.15. The first-order valence-corrected chi connectivity index (χ1v) is 8.29. The number of amides is 1. The van der Waals surface area contributed by atoms with Gasteiger partial charge in [-0.05, 0) is 30.9 Å². The summed E-state index contributed by atoms with van der Waals surface area (Å²) < 4.78 is 5.75. The number of carboxylic acids is 1. The van der Waals surface area contributed by atoms with Crippen molar-refractivity contribution in [1.82, 2.24) is 10.2 Å². The van der Waals surface area contributed by atoms with Crippen LogP contribution in [0.5, 0.6) is 5.75 Å². The Morgan fingerprint density at radius 1 is 1.29 bits per heavy atom. The maximum atomic E-state index is 12.0. The molecule has 0 aliphatic carbocycles. The van der Waals surface area contributed by atoms with Gasteiger partial charge in [-0.3, -0.25) is 14.5 Å². The molecule has 2 rings (SSSR count). The molecule has 1 heterocycles. The maximum Gasteiger partial charge on any atom is 0.308 e. The van der Waals surface area contributed by atoms with Crippen molar-refractivity contribution in [1.29, 1.82) is 0 Å².